The highest BCUT2D eigenvalue weighted by Crippen LogP contribution is 2.19. The predicted octanol–water partition coefficient (Wildman–Crippen LogP) is 0.939. The van der Waals surface area contributed by atoms with Crippen LogP contribution < -0.4 is 16.4 Å². The van der Waals surface area contributed by atoms with E-state index in [-0.39, 0.29) is 6.04 Å². The Hall–Kier alpha value is -1.36. The lowest BCUT2D eigenvalue weighted by Gasteiger charge is -2.17. The topological polar surface area (TPSA) is 81.1 Å². The molecule has 0 spiro atoms. The van der Waals surface area contributed by atoms with E-state index >= 15 is 0 Å². The van der Waals surface area contributed by atoms with Gasteiger partial charge in [0, 0.05) is 30.9 Å². The molecule has 2 heterocycles. The van der Waals surface area contributed by atoms with Crippen molar-refractivity contribution in [2.75, 3.05) is 23.7 Å². The maximum Gasteiger partial charge on any atom is 0.222 e. The Balaban J connectivity index is 2.13. The molecule has 1 aliphatic rings. The van der Waals surface area contributed by atoms with Gasteiger partial charge in [-0.1, -0.05) is 13.3 Å². The van der Waals surface area contributed by atoms with Crippen LogP contribution in [0.2, 0.25) is 0 Å². The summed E-state index contributed by atoms with van der Waals surface area (Å²) in [6.45, 7) is 4.00. The van der Waals surface area contributed by atoms with Crippen molar-refractivity contribution in [2.45, 2.75) is 38.6 Å². The Bertz CT molecular complexity index is 379. The summed E-state index contributed by atoms with van der Waals surface area (Å²) in [5.41, 5.74) is 12.7. The normalized spacial score (nSPS) is 19.9. The molecule has 5 heteroatoms. The van der Waals surface area contributed by atoms with Gasteiger partial charge in [0.2, 0.25) is 5.95 Å². The fourth-order valence-corrected chi connectivity index (χ4v) is 2.15. The van der Waals surface area contributed by atoms with Crippen molar-refractivity contribution in [3.8, 4) is 0 Å². The zero-order chi connectivity index (χ0) is 12.3. The van der Waals surface area contributed by atoms with E-state index in [0.29, 0.717) is 5.95 Å². The van der Waals surface area contributed by atoms with Crippen molar-refractivity contribution in [3.05, 3.63) is 11.8 Å². The Kier molecular flexibility index (Phi) is 3.78. The molecular weight excluding hydrogens is 214 g/mol. The molecule has 1 fully saturated rings. The molecule has 1 aromatic heterocycles. The number of rotatable bonds is 4. The quantitative estimate of drug-likeness (QED) is 0.811. The number of aryl methyl sites for hydroxylation is 1. The molecule has 1 atom stereocenters. The third-order valence-corrected chi connectivity index (χ3v) is 3.12. The Morgan fingerprint density at radius 1 is 1.47 bits per heavy atom. The lowest BCUT2D eigenvalue weighted by Crippen LogP contribution is -2.27. The summed E-state index contributed by atoms with van der Waals surface area (Å²) in [4.78, 5) is 10.8. The van der Waals surface area contributed by atoms with Gasteiger partial charge in [-0.25, -0.2) is 4.98 Å². The molecular formula is C12H21N5. The van der Waals surface area contributed by atoms with Crippen LogP contribution in [0.5, 0.6) is 0 Å². The first-order chi connectivity index (χ1) is 8.19. The first-order valence-electron chi connectivity index (χ1n) is 6.33. The van der Waals surface area contributed by atoms with E-state index in [0.717, 1.165) is 50.3 Å². The van der Waals surface area contributed by atoms with Crippen molar-refractivity contribution in [1.29, 1.82) is 0 Å². The van der Waals surface area contributed by atoms with Gasteiger partial charge in [0.1, 0.15) is 5.82 Å². The van der Waals surface area contributed by atoms with Crippen LogP contribution in [0.1, 0.15) is 31.9 Å². The van der Waals surface area contributed by atoms with Crippen molar-refractivity contribution in [2.24, 2.45) is 5.73 Å². The maximum atomic E-state index is 5.90. The van der Waals surface area contributed by atoms with E-state index in [4.69, 9.17) is 11.5 Å². The van der Waals surface area contributed by atoms with Gasteiger partial charge in [0.05, 0.1) is 0 Å². The minimum absolute atomic E-state index is 0.255. The molecule has 2 rings (SSSR count). The second-order valence-corrected chi connectivity index (χ2v) is 4.67. The molecule has 1 saturated heterocycles. The van der Waals surface area contributed by atoms with Crippen molar-refractivity contribution < 1.29 is 0 Å². The van der Waals surface area contributed by atoms with Crippen LogP contribution in [0.3, 0.4) is 0 Å². The zero-order valence-electron chi connectivity index (χ0n) is 10.4. The fraction of sp³-hybridized carbons (Fsp3) is 0.667. The van der Waals surface area contributed by atoms with Crippen LogP contribution >= 0.6 is 0 Å². The van der Waals surface area contributed by atoms with E-state index < -0.39 is 0 Å². The summed E-state index contributed by atoms with van der Waals surface area (Å²) in [5, 5.41) is 0. The third kappa shape index (κ3) is 3.06. The fourth-order valence-electron chi connectivity index (χ4n) is 2.15. The number of hydrogen-bond acceptors (Lipinski definition) is 5. The van der Waals surface area contributed by atoms with Gasteiger partial charge >= 0.3 is 0 Å². The second-order valence-electron chi connectivity index (χ2n) is 4.67. The lowest BCUT2D eigenvalue weighted by molar-refractivity contribution is 0.750. The molecule has 0 bridgehead atoms. The average Bonchev–Trinajstić information content (AvgIpc) is 2.72. The largest absolute Gasteiger partial charge is 0.368 e. The smallest absolute Gasteiger partial charge is 0.222 e. The van der Waals surface area contributed by atoms with Gasteiger partial charge < -0.3 is 16.4 Å². The lowest BCUT2D eigenvalue weighted by atomic mass is 10.2. The molecule has 17 heavy (non-hydrogen) atoms. The second kappa shape index (κ2) is 5.31. The van der Waals surface area contributed by atoms with Gasteiger partial charge in [-0.2, -0.15) is 4.98 Å². The minimum Gasteiger partial charge on any atom is -0.368 e. The molecule has 4 N–H and O–H groups in total. The number of nitrogens with two attached hydrogens (primary N) is 2. The molecule has 0 aliphatic carbocycles. The van der Waals surface area contributed by atoms with E-state index in [9.17, 15) is 0 Å². The molecule has 1 aromatic rings. The molecule has 0 aromatic carbocycles. The molecule has 1 aliphatic heterocycles. The predicted molar refractivity (Wildman–Crippen MR) is 69.9 cm³/mol. The van der Waals surface area contributed by atoms with Gasteiger partial charge in [-0.15, -0.1) is 0 Å². The number of hydrogen-bond donors (Lipinski definition) is 2. The van der Waals surface area contributed by atoms with Gasteiger partial charge in [-0.05, 0) is 19.3 Å². The standard InChI is InChI=1S/C12H21N5/c1-2-3-4-10-7-11(16-12(14)15-10)17-6-5-9(13)8-17/h7,9H,2-6,8,13H2,1H3,(H2,14,15,16). The van der Waals surface area contributed by atoms with Crippen molar-refractivity contribution >= 4 is 11.8 Å². The number of unbranched alkanes of at least 4 members (excludes halogenated alkanes) is 1. The highest BCUT2D eigenvalue weighted by Gasteiger charge is 2.20. The summed E-state index contributed by atoms with van der Waals surface area (Å²) in [6, 6.07) is 2.30. The molecule has 0 amide bonds. The SMILES string of the molecule is CCCCc1cc(N2CCC(N)C2)nc(N)n1. The first kappa shape index (κ1) is 12.1. The number of nitrogens with zero attached hydrogens (tertiary/aromatic N) is 3. The minimum atomic E-state index is 0.255. The van der Waals surface area contributed by atoms with Crippen LogP contribution in [-0.4, -0.2) is 29.1 Å². The van der Waals surface area contributed by atoms with E-state index in [2.05, 4.69) is 21.8 Å². The van der Waals surface area contributed by atoms with Crippen LogP contribution in [0.15, 0.2) is 6.07 Å². The Morgan fingerprint density at radius 2 is 2.29 bits per heavy atom. The van der Waals surface area contributed by atoms with E-state index in [1.165, 1.54) is 0 Å². The highest BCUT2D eigenvalue weighted by molar-refractivity contribution is 5.44. The van der Waals surface area contributed by atoms with Gasteiger partial charge in [0.15, 0.2) is 0 Å². The van der Waals surface area contributed by atoms with Crippen LogP contribution in [0.4, 0.5) is 11.8 Å². The molecule has 94 valence electrons. The average molecular weight is 235 g/mol. The first-order valence-corrected chi connectivity index (χ1v) is 6.33. The molecule has 1 unspecified atom stereocenters. The summed E-state index contributed by atoms with van der Waals surface area (Å²) < 4.78 is 0. The zero-order valence-corrected chi connectivity index (χ0v) is 10.4. The summed E-state index contributed by atoms with van der Waals surface area (Å²) in [5.74, 6) is 1.30. The van der Waals surface area contributed by atoms with Crippen molar-refractivity contribution in [3.63, 3.8) is 0 Å². The maximum absolute atomic E-state index is 5.90. The number of anilines is 2. The summed E-state index contributed by atoms with van der Waals surface area (Å²) >= 11 is 0. The van der Waals surface area contributed by atoms with E-state index in [1.807, 2.05) is 6.07 Å². The Labute approximate surface area is 102 Å². The summed E-state index contributed by atoms with van der Waals surface area (Å²) in [7, 11) is 0. The Morgan fingerprint density at radius 3 is 2.94 bits per heavy atom. The van der Waals surface area contributed by atoms with Crippen molar-refractivity contribution in [1.82, 2.24) is 9.97 Å². The van der Waals surface area contributed by atoms with Gasteiger partial charge in [-0.3, -0.25) is 0 Å². The highest BCUT2D eigenvalue weighted by atomic mass is 15.2. The monoisotopic (exact) mass is 235 g/mol. The third-order valence-electron chi connectivity index (χ3n) is 3.12. The van der Waals surface area contributed by atoms with E-state index in [1.54, 1.807) is 0 Å². The van der Waals surface area contributed by atoms with Crippen LogP contribution in [0.25, 0.3) is 0 Å². The molecule has 5 nitrogen and oxygen atoms in total. The number of nitrogen functional groups attached to an aromatic ring is 1. The number of aromatic nitrogens is 2. The van der Waals surface area contributed by atoms with Crippen LogP contribution in [0, 0.1) is 0 Å². The molecule has 0 saturated carbocycles. The summed E-state index contributed by atoms with van der Waals surface area (Å²) in [6.07, 6.45) is 4.29. The van der Waals surface area contributed by atoms with Gasteiger partial charge in [0.25, 0.3) is 0 Å². The molecule has 0 radical (unpaired) electrons. The van der Waals surface area contributed by atoms with Crippen LogP contribution in [-0.2, 0) is 6.42 Å².